The quantitative estimate of drug-likeness (QED) is 0.132. The number of amides is 3. The second-order valence-corrected chi connectivity index (χ2v) is 8.87. The number of carboxylic acids is 3. The normalized spacial score (nSPS) is 13.0. The van der Waals surface area contributed by atoms with Crippen LogP contribution in [0, 0.1) is 0 Å². The highest BCUT2D eigenvalue weighted by molar-refractivity contribution is 6.40. The predicted molar refractivity (Wildman–Crippen MR) is 139 cm³/mol. The minimum atomic E-state index is -1.69. The maximum absolute atomic E-state index is 12.6. The molecule has 39 heavy (non-hydrogen) atoms. The van der Waals surface area contributed by atoms with E-state index in [9.17, 15) is 44.1 Å². The van der Waals surface area contributed by atoms with Crippen LogP contribution in [0.1, 0.15) is 54.3 Å². The molecular weight excluding hydrogens is 508 g/mol. The van der Waals surface area contributed by atoms with Crippen molar-refractivity contribution in [1.29, 1.82) is 0 Å². The summed E-state index contributed by atoms with van der Waals surface area (Å²) in [6, 6.07) is 13.5. The lowest BCUT2D eigenvalue weighted by molar-refractivity contribution is -0.124. The molecule has 0 aromatic heterocycles. The van der Waals surface area contributed by atoms with Gasteiger partial charge in [0.2, 0.25) is 17.7 Å². The number of nitrogens with one attached hydrogen (secondary N) is 1. The summed E-state index contributed by atoms with van der Waals surface area (Å²) >= 11 is 0. The molecule has 1 fully saturated rings. The molecule has 11 nitrogen and oxygen atoms in total. The van der Waals surface area contributed by atoms with Crippen LogP contribution in [0.5, 0.6) is 0 Å². The molecule has 6 N–H and O–H groups in total. The fourth-order valence-electron chi connectivity index (χ4n) is 5.25. The molecule has 194 valence electrons. The Hall–Kier alpha value is -5.58. The Morgan fingerprint density at radius 1 is 0.615 bits per heavy atom. The number of fused-ring (bicyclic) bond motifs is 2. The van der Waals surface area contributed by atoms with E-state index in [-0.39, 0.29) is 33.5 Å². The fourth-order valence-corrected chi connectivity index (χ4v) is 5.25. The van der Waals surface area contributed by atoms with Gasteiger partial charge in [0.15, 0.2) is 0 Å². The number of benzene rings is 5. The topological polar surface area (TPSA) is 201 Å². The zero-order valence-corrected chi connectivity index (χ0v) is 19.9. The highest BCUT2D eigenvalue weighted by Gasteiger charge is 2.33. The second kappa shape index (κ2) is 9.06. The van der Waals surface area contributed by atoms with E-state index in [1.807, 2.05) is 18.2 Å². The first-order chi connectivity index (χ1) is 18.5. The van der Waals surface area contributed by atoms with Crippen molar-refractivity contribution in [1.82, 2.24) is 5.32 Å². The third kappa shape index (κ3) is 3.84. The van der Waals surface area contributed by atoms with Crippen LogP contribution in [0.15, 0.2) is 48.5 Å². The van der Waals surface area contributed by atoms with Crippen LogP contribution in [-0.4, -0.2) is 50.9 Å². The molecule has 0 aliphatic carbocycles. The second-order valence-electron chi connectivity index (χ2n) is 8.87. The van der Waals surface area contributed by atoms with Crippen molar-refractivity contribution in [3.8, 4) is 0 Å². The largest absolute Gasteiger partial charge is 0.478 e. The van der Waals surface area contributed by atoms with Crippen LogP contribution in [0.25, 0.3) is 43.1 Å². The summed E-state index contributed by atoms with van der Waals surface area (Å²) < 4.78 is 0. The van der Waals surface area contributed by atoms with Gasteiger partial charge in [-0.1, -0.05) is 42.5 Å². The molecule has 1 heterocycles. The first-order valence-corrected chi connectivity index (χ1v) is 11.5. The average molecular weight is 526 g/mol. The number of hydrogen-bond donors (Lipinski definition) is 5. The summed E-state index contributed by atoms with van der Waals surface area (Å²) in [5, 5.41) is 35.0. The lowest BCUT2D eigenvalue weighted by atomic mass is 9.81. The molecule has 0 unspecified atom stereocenters. The average Bonchev–Trinajstić information content (AvgIpc) is 3.27. The van der Waals surface area contributed by atoms with E-state index in [0.717, 1.165) is 10.8 Å². The number of nitrogens with two attached hydrogens (primary N) is 1. The zero-order valence-electron chi connectivity index (χ0n) is 19.9. The summed E-state index contributed by atoms with van der Waals surface area (Å²) in [7, 11) is 0. The molecule has 0 saturated carbocycles. The van der Waals surface area contributed by atoms with E-state index in [0.29, 0.717) is 29.0 Å². The zero-order chi connectivity index (χ0) is 28.2. The summed E-state index contributed by atoms with van der Waals surface area (Å²) in [4.78, 5) is 69.3. The van der Waals surface area contributed by atoms with Gasteiger partial charge >= 0.3 is 17.9 Å². The highest BCUT2D eigenvalue weighted by Crippen LogP contribution is 2.45. The lowest BCUT2D eigenvalue weighted by Crippen LogP contribution is -2.22. The Bertz CT molecular complexity index is 1920. The maximum Gasteiger partial charge on any atom is 0.337 e. The molecule has 1 saturated heterocycles. The first-order valence-electron chi connectivity index (χ1n) is 11.5. The number of aromatic carboxylic acids is 3. The summed E-state index contributed by atoms with van der Waals surface area (Å²) in [5.74, 6) is -6.21. The van der Waals surface area contributed by atoms with E-state index < -0.39 is 40.5 Å². The Balaban J connectivity index is 0.000000384. The number of carboxylic acid groups (broad SMARTS) is 3. The number of hydrogen-bond acceptors (Lipinski definition) is 6. The van der Waals surface area contributed by atoms with Crippen molar-refractivity contribution in [2.45, 2.75) is 12.8 Å². The molecular formula is C28H18N2O9. The van der Waals surface area contributed by atoms with Gasteiger partial charge in [0.05, 0.1) is 22.3 Å². The van der Waals surface area contributed by atoms with Crippen molar-refractivity contribution in [2.24, 2.45) is 5.73 Å². The van der Waals surface area contributed by atoms with Gasteiger partial charge in [-0.15, -0.1) is 0 Å². The molecule has 6 rings (SSSR count). The minimum Gasteiger partial charge on any atom is -0.478 e. The molecule has 5 aromatic rings. The summed E-state index contributed by atoms with van der Waals surface area (Å²) in [5.41, 5.74) is 3.14. The van der Waals surface area contributed by atoms with Crippen molar-refractivity contribution in [3.63, 3.8) is 0 Å². The lowest BCUT2D eigenvalue weighted by Gasteiger charge is -2.20. The maximum atomic E-state index is 12.6. The van der Waals surface area contributed by atoms with Crippen molar-refractivity contribution < 1.29 is 44.1 Å². The SMILES string of the molecule is NC(=O)c1c(C(=O)O)c(C(=O)O)c2c(C(=O)O)ccc3c4cccc5cccc(c1c23)c54.O=C1CCC(=O)N1. The number of primary amides is 1. The van der Waals surface area contributed by atoms with Crippen molar-refractivity contribution in [2.75, 3.05) is 0 Å². The third-order valence-corrected chi connectivity index (χ3v) is 6.68. The molecule has 0 atom stereocenters. The molecule has 0 bridgehead atoms. The first kappa shape index (κ1) is 25.1. The smallest absolute Gasteiger partial charge is 0.337 e. The van der Waals surface area contributed by atoms with Gasteiger partial charge in [0, 0.05) is 23.6 Å². The Morgan fingerprint density at radius 2 is 1.18 bits per heavy atom. The van der Waals surface area contributed by atoms with Gasteiger partial charge in [0.1, 0.15) is 0 Å². The number of carbonyl (C=O) groups is 6. The third-order valence-electron chi connectivity index (χ3n) is 6.68. The molecule has 1 aliphatic heterocycles. The van der Waals surface area contributed by atoms with Crippen LogP contribution >= 0.6 is 0 Å². The van der Waals surface area contributed by atoms with Crippen molar-refractivity contribution in [3.05, 3.63) is 70.8 Å². The monoisotopic (exact) mass is 526 g/mol. The van der Waals surface area contributed by atoms with E-state index in [2.05, 4.69) is 5.32 Å². The van der Waals surface area contributed by atoms with Gasteiger partial charge in [-0.05, 0) is 38.4 Å². The van der Waals surface area contributed by atoms with Gasteiger partial charge < -0.3 is 21.1 Å². The van der Waals surface area contributed by atoms with E-state index >= 15 is 0 Å². The van der Waals surface area contributed by atoms with Gasteiger partial charge in [-0.25, -0.2) is 14.4 Å². The van der Waals surface area contributed by atoms with Gasteiger partial charge in [0.25, 0.3) is 0 Å². The van der Waals surface area contributed by atoms with Crippen LogP contribution < -0.4 is 11.1 Å². The number of carbonyl (C=O) groups excluding carboxylic acids is 3. The molecule has 3 amide bonds. The Labute approximate surface area is 217 Å². The Morgan fingerprint density at radius 3 is 1.67 bits per heavy atom. The molecule has 5 aromatic carbocycles. The number of imide groups is 1. The van der Waals surface area contributed by atoms with E-state index in [4.69, 9.17) is 5.73 Å². The highest BCUT2D eigenvalue weighted by atomic mass is 16.4. The molecule has 11 heteroatoms. The minimum absolute atomic E-state index is 0.122. The Kier molecular flexibility index (Phi) is 5.83. The molecule has 0 spiro atoms. The molecule has 1 aliphatic rings. The summed E-state index contributed by atoms with van der Waals surface area (Å²) in [6.07, 6.45) is 0.748. The van der Waals surface area contributed by atoms with Crippen molar-refractivity contribution >= 4 is 78.7 Å². The van der Waals surface area contributed by atoms with E-state index in [1.54, 1.807) is 18.2 Å². The standard InChI is InChI=1S/C24H13NO7.C4H5NO2/c25-21(26)18-16-12-6-2-4-9-3-1-5-10(14(9)12)11-7-8-13(22(27)28)17(15(11)16)19(23(29)30)20(18)24(31)32;6-3-1-2-4(7)5-3/h1-8H,(H2,25,26)(H,27,28)(H,29,30)(H,31,32);1-2H2,(H,5,6,7). The predicted octanol–water partition coefficient (Wildman–Crippen LogP) is 3.35. The van der Waals surface area contributed by atoms with Crippen LogP contribution in [0.2, 0.25) is 0 Å². The van der Waals surface area contributed by atoms with E-state index in [1.165, 1.54) is 12.1 Å². The number of rotatable bonds is 4. The fraction of sp³-hybridized carbons (Fsp3) is 0.0714. The van der Waals surface area contributed by atoms with Crippen LogP contribution in [-0.2, 0) is 9.59 Å². The summed E-state index contributed by atoms with van der Waals surface area (Å²) in [6.45, 7) is 0. The van der Waals surface area contributed by atoms with Gasteiger partial charge in [-0.3, -0.25) is 19.7 Å². The van der Waals surface area contributed by atoms with Crippen LogP contribution in [0.3, 0.4) is 0 Å². The molecule has 0 radical (unpaired) electrons. The van der Waals surface area contributed by atoms with Crippen LogP contribution in [0.4, 0.5) is 0 Å². The van der Waals surface area contributed by atoms with Gasteiger partial charge in [-0.2, -0.15) is 0 Å².